The molecule has 0 aromatic heterocycles. The Balaban J connectivity index is 1.79. The molecule has 1 N–H and O–H groups in total. The van der Waals surface area contributed by atoms with E-state index in [-0.39, 0.29) is 31.0 Å². The van der Waals surface area contributed by atoms with Crippen LogP contribution < -0.4 is 10.1 Å². The molecule has 0 aliphatic heterocycles. The quantitative estimate of drug-likeness (QED) is 0.519. The van der Waals surface area contributed by atoms with Crippen LogP contribution in [0.4, 0.5) is 0 Å². The van der Waals surface area contributed by atoms with Gasteiger partial charge in [0, 0.05) is 17.6 Å². The van der Waals surface area contributed by atoms with E-state index >= 15 is 0 Å². The largest absolute Gasteiger partial charge is 0.483 e. The summed E-state index contributed by atoms with van der Waals surface area (Å²) >= 11 is 6.40. The number of hydrogen-bond donors (Lipinski definition) is 1. The van der Waals surface area contributed by atoms with Crippen LogP contribution in [0.2, 0.25) is 5.02 Å². The van der Waals surface area contributed by atoms with E-state index in [9.17, 15) is 9.59 Å². The van der Waals surface area contributed by atoms with Gasteiger partial charge in [-0.3, -0.25) is 9.59 Å². The summed E-state index contributed by atoms with van der Waals surface area (Å²) in [4.78, 5) is 28.3. The molecule has 0 heterocycles. The van der Waals surface area contributed by atoms with Crippen LogP contribution in [0.5, 0.6) is 5.75 Å². The van der Waals surface area contributed by atoms with Gasteiger partial charge in [-0.1, -0.05) is 68.1 Å². The number of carbonyl (C=O) groups is 2. The number of halogens is 1. The SMILES string of the molecule is CC[C@@H](C(=O)NC1CCCCC1)N(Cc1ccccc1Cl)C(=O)COc1cc(C)ccc1C. The second-order valence-electron chi connectivity index (χ2n) is 8.94. The second-order valence-corrected chi connectivity index (χ2v) is 9.35. The van der Waals surface area contributed by atoms with Gasteiger partial charge in [-0.15, -0.1) is 0 Å². The molecule has 2 aromatic carbocycles. The molecule has 1 atom stereocenters. The Hall–Kier alpha value is -2.53. The van der Waals surface area contributed by atoms with Crippen LogP contribution in [0.3, 0.4) is 0 Å². The van der Waals surface area contributed by atoms with Crippen molar-refractivity contribution in [3.8, 4) is 5.75 Å². The van der Waals surface area contributed by atoms with Gasteiger partial charge in [0.2, 0.25) is 5.91 Å². The lowest BCUT2D eigenvalue weighted by molar-refractivity contribution is -0.143. The highest BCUT2D eigenvalue weighted by Gasteiger charge is 2.31. The maximum absolute atomic E-state index is 13.4. The number of aryl methyl sites for hydroxylation is 2. The number of benzene rings is 2. The number of hydrogen-bond acceptors (Lipinski definition) is 3. The molecule has 1 saturated carbocycles. The molecule has 0 saturated heterocycles. The fourth-order valence-corrected chi connectivity index (χ4v) is 4.55. The molecule has 2 amide bonds. The van der Waals surface area contributed by atoms with Crippen LogP contribution in [0, 0.1) is 13.8 Å². The van der Waals surface area contributed by atoms with Crippen molar-refractivity contribution in [3.63, 3.8) is 0 Å². The molecule has 0 bridgehead atoms. The number of amides is 2. The van der Waals surface area contributed by atoms with Gasteiger partial charge in [-0.25, -0.2) is 0 Å². The van der Waals surface area contributed by atoms with Gasteiger partial charge < -0.3 is 15.0 Å². The highest BCUT2D eigenvalue weighted by atomic mass is 35.5. The average Bonchev–Trinajstić information content (AvgIpc) is 2.81. The van der Waals surface area contributed by atoms with E-state index in [2.05, 4.69) is 5.32 Å². The summed E-state index contributed by atoms with van der Waals surface area (Å²) in [5, 5.41) is 3.77. The molecular weight excluding hydrogens is 436 g/mol. The van der Waals surface area contributed by atoms with Crippen LogP contribution in [-0.2, 0) is 16.1 Å². The molecule has 6 heteroatoms. The molecule has 1 fully saturated rings. The first-order valence-electron chi connectivity index (χ1n) is 11.9. The lowest BCUT2D eigenvalue weighted by atomic mass is 9.95. The summed E-state index contributed by atoms with van der Waals surface area (Å²) in [5.74, 6) is 0.346. The Bertz CT molecular complexity index is 956. The lowest BCUT2D eigenvalue weighted by Gasteiger charge is -2.33. The Kier molecular flexibility index (Phi) is 9.19. The Morgan fingerprint density at radius 2 is 1.85 bits per heavy atom. The van der Waals surface area contributed by atoms with E-state index in [1.807, 2.05) is 57.2 Å². The monoisotopic (exact) mass is 470 g/mol. The normalized spacial score (nSPS) is 15.0. The third kappa shape index (κ3) is 6.97. The molecule has 0 radical (unpaired) electrons. The van der Waals surface area contributed by atoms with Crippen molar-refractivity contribution < 1.29 is 14.3 Å². The lowest BCUT2D eigenvalue weighted by Crippen LogP contribution is -2.52. The molecular formula is C27H35ClN2O3. The first-order valence-corrected chi connectivity index (χ1v) is 12.3. The van der Waals surface area contributed by atoms with E-state index in [0.29, 0.717) is 17.2 Å². The van der Waals surface area contributed by atoms with Crippen molar-refractivity contribution >= 4 is 23.4 Å². The van der Waals surface area contributed by atoms with Crippen LogP contribution in [-0.4, -0.2) is 35.4 Å². The minimum absolute atomic E-state index is 0.100. The molecule has 2 aromatic rings. The Morgan fingerprint density at radius 1 is 1.12 bits per heavy atom. The molecule has 33 heavy (non-hydrogen) atoms. The molecule has 1 aliphatic rings. The first kappa shape index (κ1) is 25.1. The second kappa shape index (κ2) is 12.1. The zero-order valence-corrected chi connectivity index (χ0v) is 20.7. The Morgan fingerprint density at radius 3 is 2.55 bits per heavy atom. The number of ether oxygens (including phenoxy) is 1. The average molecular weight is 471 g/mol. The van der Waals surface area contributed by atoms with Crippen molar-refractivity contribution in [2.75, 3.05) is 6.61 Å². The standard InChI is InChI=1S/C27H35ClN2O3/c1-4-24(27(32)29-22-11-6-5-7-12-22)30(17-21-10-8-9-13-23(21)28)26(31)18-33-25-16-19(2)14-15-20(25)3/h8-10,13-16,22,24H,4-7,11-12,17-18H2,1-3H3,(H,29,32)/t24-/m0/s1. The van der Waals surface area contributed by atoms with Crippen LogP contribution in [0.15, 0.2) is 42.5 Å². The van der Waals surface area contributed by atoms with E-state index in [0.717, 1.165) is 42.4 Å². The smallest absolute Gasteiger partial charge is 0.261 e. The highest BCUT2D eigenvalue weighted by Crippen LogP contribution is 2.23. The molecule has 1 aliphatic carbocycles. The highest BCUT2D eigenvalue weighted by molar-refractivity contribution is 6.31. The van der Waals surface area contributed by atoms with Gasteiger partial charge in [0.05, 0.1) is 0 Å². The summed E-state index contributed by atoms with van der Waals surface area (Å²) in [6.45, 7) is 5.99. The molecule has 0 unspecified atom stereocenters. The topological polar surface area (TPSA) is 58.6 Å². The number of nitrogens with zero attached hydrogens (tertiary/aromatic N) is 1. The maximum Gasteiger partial charge on any atom is 0.261 e. The summed E-state index contributed by atoms with van der Waals surface area (Å²) in [5.41, 5.74) is 2.84. The van der Waals surface area contributed by atoms with Crippen LogP contribution >= 0.6 is 11.6 Å². The molecule has 0 spiro atoms. The van der Waals surface area contributed by atoms with E-state index in [4.69, 9.17) is 16.3 Å². The number of nitrogens with one attached hydrogen (secondary N) is 1. The molecule has 3 rings (SSSR count). The van der Waals surface area contributed by atoms with E-state index in [1.54, 1.807) is 11.0 Å². The van der Waals surface area contributed by atoms with E-state index < -0.39 is 6.04 Å². The van der Waals surface area contributed by atoms with Gasteiger partial charge in [0.15, 0.2) is 6.61 Å². The van der Waals surface area contributed by atoms with Crippen molar-refractivity contribution in [2.24, 2.45) is 0 Å². The van der Waals surface area contributed by atoms with Gasteiger partial charge in [0.25, 0.3) is 5.91 Å². The summed E-state index contributed by atoms with van der Waals surface area (Å²) in [6.07, 6.45) is 5.99. The maximum atomic E-state index is 13.4. The molecule has 178 valence electrons. The summed E-state index contributed by atoms with van der Waals surface area (Å²) in [7, 11) is 0. The summed E-state index contributed by atoms with van der Waals surface area (Å²) in [6, 6.07) is 12.9. The van der Waals surface area contributed by atoms with Crippen molar-refractivity contribution in [2.45, 2.75) is 77.9 Å². The first-order chi connectivity index (χ1) is 15.9. The van der Waals surface area contributed by atoms with Gasteiger partial charge in [0.1, 0.15) is 11.8 Å². The number of carbonyl (C=O) groups excluding carboxylic acids is 2. The van der Waals surface area contributed by atoms with E-state index in [1.165, 1.54) is 6.42 Å². The van der Waals surface area contributed by atoms with Crippen LogP contribution in [0.25, 0.3) is 0 Å². The molecule has 5 nitrogen and oxygen atoms in total. The summed E-state index contributed by atoms with van der Waals surface area (Å²) < 4.78 is 5.90. The van der Waals surface area contributed by atoms with Gasteiger partial charge >= 0.3 is 0 Å². The third-order valence-electron chi connectivity index (χ3n) is 6.33. The van der Waals surface area contributed by atoms with Crippen LogP contribution in [0.1, 0.15) is 62.1 Å². The minimum Gasteiger partial charge on any atom is -0.483 e. The predicted molar refractivity (Wildman–Crippen MR) is 133 cm³/mol. The number of rotatable bonds is 9. The fourth-order valence-electron chi connectivity index (χ4n) is 4.36. The Labute approximate surface area is 202 Å². The zero-order valence-electron chi connectivity index (χ0n) is 19.9. The van der Waals surface area contributed by atoms with Gasteiger partial charge in [-0.2, -0.15) is 0 Å². The van der Waals surface area contributed by atoms with Gasteiger partial charge in [-0.05, 0) is 61.9 Å². The minimum atomic E-state index is -0.585. The van der Waals surface area contributed by atoms with Crippen molar-refractivity contribution in [1.29, 1.82) is 0 Å². The predicted octanol–water partition coefficient (Wildman–Crippen LogP) is 5.59. The van der Waals surface area contributed by atoms with Crippen molar-refractivity contribution in [3.05, 3.63) is 64.2 Å². The fraction of sp³-hybridized carbons (Fsp3) is 0.481. The van der Waals surface area contributed by atoms with Crippen molar-refractivity contribution in [1.82, 2.24) is 10.2 Å². The zero-order chi connectivity index (χ0) is 23.8. The third-order valence-corrected chi connectivity index (χ3v) is 6.70.